The summed E-state index contributed by atoms with van der Waals surface area (Å²) >= 11 is 5.87. The van der Waals surface area contributed by atoms with Gasteiger partial charge in [-0.05, 0) is 31.0 Å². The van der Waals surface area contributed by atoms with Crippen molar-refractivity contribution in [1.82, 2.24) is 4.31 Å². The van der Waals surface area contributed by atoms with Crippen molar-refractivity contribution in [3.8, 4) is 0 Å². The lowest BCUT2D eigenvalue weighted by atomic mass is 10.0. The molecule has 0 bridgehead atoms. The zero-order chi connectivity index (χ0) is 18.1. The van der Waals surface area contributed by atoms with Crippen LogP contribution in [0.2, 0.25) is 5.02 Å². The average molecular weight is 387 g/mol. The molecule has 1 saturated heterocycles. The third-order valence-corrected chi connectivity index (χ3v) is 6.50. The van der Waals surface area contributed by atoms with Gasteiger partial charge in [0.15, 0.2) is 0 Å². The van der Waals surface area contributed by atoms with Crippen LogP contribution in [0, 0.1) is 0 Å². The van der Waals surface area contributed by atoms with Gasteiger partial charge in [-0.1, -0.05) is 11.6 Å². The number of alkyl halides is 3. The van der Waals surface area contributed by atoms with Gasteiger partial charge in [-0.2, -0.15) is 17.5 Å². The van der Waals surface area contributed by atoms with Crippen LogP contribution in [-0.2, 0) is 20.9 Å². The smallest absolute Gasteiger partial charge is 0.381 e. The van der Waals surface area contributed by atoms with Crippen molar-refractivity contribution in [2.24, 2.45) is 5.73 Å². The summed E-state index contributed by atoms with van der Waals surface area (Å²) in [5.74, 6) is 0. The van der Waals surface area contributed by atoms with Crippen LogP contribution < -0.4 is 5.73 Å². The second-order valence-electron chi connectivity index (χ2n) is 5.53. The number of benzene rings is 1. The van der Waals surface area contributed by atoms with Crippen LogP contribution >= 0.6 is 11.6 Å². The number of hydrogen-bond acceptors (Lipinski definition) is 4. The summed E-state index contributed by atoms with van der Waals surface area (Å²) in [5, 5.41) is -0.257. The van der Waals surface area contributed by atoms with Crippen molar-refractivity contribution in [2.45, 2.75) is 36.1 Å². The van der Waals surface area contributed by atoms with E-state index >= 15 is 0 Å². The lowest BCUT2D eigenvalue weighted by molar-refractivity contribution is -0.137. The first-order chi connectivity index (χ1) is 11.1. The van der Waals surface area contributed by atoms with Gasteiger partial charge in [0.25, 0.3) is 0 Å². The molecule has 2 N–H and O–H groups in total. The lowest BCUT2D eigenvalue weighted by Crippen LogP contribution is -2.51. The normalized spacial score (nSPS) is 23.4. The van der Waals surface area contributed by atoms with Gasteiger partial charge in [0, 0.05) is 26.2 Å². The highest BCUT2D eigenvalue weighted by Crippen LogP contribution is 2.35. The molecule has 0 aliphatic carbocycles. The summed E-state index contributed by atoms with van der Waals surface area (Å²) in [5.41, 5.74) is 4.58. The van der Waals surface area contributed by atoms with Crippen LogP contribution in [0.1, 0.15) is 18.4 Å². The van der Waals surface area contributed by atoms with Gasteiger partial charge in [0.2, 0.25) is 10.0 Å². The summed E-state index contributed by atoms with van der Waals surface area (Å²) in [6.07, 6.45) is -3.99. The Morgan fingerprint density at radius 2 is 2.08 bits per heavy atom. The molecule has 1 heterocycles. The predicted octanol–water partition coefficient (Wildman–Crippen LogP) is 2.49. The molecule has 0 saturated carbocycles. The van der Waals surface area contributed by atoms with Crippen LogP contribution in [0.4, 0.5) is 13.2 Å². The molecule has 2 unspecified atom stereocenters. The van der Waals surface area contributed by atoms with E-state index in [1.165, 1.54) is 7.11 Å². The minimum Gasteiger partial charge on any atom is -0.381 e. The molecule has 1 aromatic carbocycles. The van der Waals surface area contributed by atoms with Crippen molar-refractivity contribution in [3.63, 3.8) is 0 Å². The van der Waals surface area contributed by atoms with E-state index in [0.29, 0.717) is 18.9 Å². The van der Waals surface area contributed by atoms with Gasteiger partial charge in [-0.15, -0.1) is 0 Å². The molecule has 0 radical (unpaired) electrons. The van der Waals surface area contributed by atoms with Gasteiger partial charge >= 0.3 is 6.18 Å². The van der Waals surface area contributed by atoms with E-state index in [-0.39, 0.29) is 24.2 Å². The topological polar surface area (TPSA) is 72.6 Å². The van der Waals surface area contributed by atoms with Gasteiger partial charge in [-0.25, -0.2) is 8.42 Å². The predicted molar refractivity (Wildman–Crippen MR) is 83.2 cm³/mol. The largest absolute Gasteiger partial charge is 0.416 e. The van der Waals surface area contributed by atoms with Gasteiger partial charge in [0.1, 0.15) is 4.90 Å². The minimum atomic E-state index is -4.66. The van der Waals surface area contributed by atoms with Crippen molar-refractivity contribution < 1.29 is 26.3 Å². The Bertz CT molecular complexity index is 697. The Morgan fingerprint density at radius 3 is 2.62 bits per heavy atom. The van der Waals surface area contributed by atoms with E-state index in [1.807, 2.05) is 0 Å². The Balaban J connectivity index is 2.43. The van der Waals surface area contributed by atoms with Crippen molar-refractivity contribution in [3.05, 3.63) is 28.8 Å². The van der Waals surface area contributed by atoms with Crippen LogP contribution in [0.15, 0.2) is 23.1 Å². The van der Waals surface area contributed by atoms with Crippen LogP contribution in [0.3, 0.4) is 0 Å². The first-order valence-corrected chi connectivity index (χ1v) is 9.04. The van der Waals surface area contributed by atoms with Gasteiger partial charge in [0.05, 0.1) is 16.7 Å². The van der Waals surface area contributed by atoms with Crippen molar-refractivity contribution in [2.75, 3.05) is 20.2 Å². The summed E-state index contributed by atoms with van der Waals surface area (Å²) in [6, 6.07) is 1.70. The SMILES string of the molecule is COC1CCN(S(=O)(=O)c2cc(C(F)(F)F)ccc2Cl)C(CN)C1. The highest BCUT2D eigenvalue weighted by atomic mass is 35.5. The molecule has 1 fully saturated rings. The van der Waals surface area contributed by atoms with Crippen LogP contribution in [0.5, 0.6) is 0 Å². The quantitative estimate of drug-likeness (QED) is 0.862. The molecule has 136 valence electrons. The van der Waals surface area contributed by atoms with E-state index < -0.39 is 32.7 Å². The monoisotopic (exact) mass is 386 g/mol. The molecule has 1 aliphatic rings. The number of piperidine rings is 1. The Labute approximate surface area is 143 Å². The number of halogens is 4. The molecule has 2 atom stereocenters. The first-order valence-electron chi connectivity index (χ1n) is 7.22. The number of methoxy groups -OCH3 is 1. The fourth-order valence-electron chi connectivity index (χ4n) is 2.74. The van der Waals surface area contributed by atoms with Crippen molar-refractivity contribution >= 4 is 21.6 Å². The molecule has 0 aromatic heterocycles. The second-order valence-corrected chi connectivity index (χ2v) is 7.80. The molecule has 2 rings (SSSR count). The number of nitrogens with zero attached hydrogens (tertiary/aromatic N) is 1. The van der Waals surface area contributed by atoms with Crippen LogP contribution in [-0.4, -0.2) is 45.1 Å². The molecule has 1 aromatic rings. The maximum atomic E-state index is 12.9. The fourth-order valence-corrected chi connectivity index (χ4v) is 4.90. The number of rotatable bonds is 4. The van der Waals surface area contributed by atoms with E-state index in [0.717, 1.165) is 16.4 Å². The van der Waals surface area contributed by atoms with Gasteiger partial charge < -0.3 is 10.5 Å². The summed E-state index contributed by atoms with van der Waals surface area (Å²) in [4.78, 5) is -0.562. The number of hydrogen-bond donors (Lipinski definition) is 1. The standard InChI is InChI=1S/C14H18ClF3N2O3S/c1-23-11-4-5-20(10(7-11)8-19)24(21,22)13-6-9(14(16,17)18)2-3-12(13)15/h2-3,6,10-11H,4-5,7-8,19H2,1H3. The number of nitrogens with two attached hydrogens (primary N) is 1. The maximum Gasteiger partial charge on any atom is 0.416 e. The Morgan fingerprint density at radius 1 is 1.42 bits per heavy atom. The molecular formula is C14H18ClF3N2O3S. The average Bonchev–Trinajstić information content (AvgIpc) is 2.53. The molecular weight excluding hydrogens is 369 g/mol. The second kappa shape index (κ2) is 7.17. The summed E-state index contributed by atoms with van der Waals surface area (Å²) in [7, 11) is -2.68. The number of sulfonamides is 1. The number of ether oxygens (including phenoxy) is 1. The zero-order valence-corrected chi connectivity index (χ0v) is 14.5. The van der Waals surface area contributed by atoms with Gasteiger partial charge in [-0.3, -0.25) is 0 Å². The Hall–Kier alpha value is -0.870. The van der Waals surface area contributed by atoms with Crippen molar-refractivity contribution in [1.29, 1.82) is 0 Å². The minimum absolute atomic E-state index is 0.0374. The van der Waals surface area contributed by atoms with Crippen LogP contribution in [0.25, 0.3) is 0 Å². The van der Waals surface area contributed by atoms with E-state index in [4.69, 9.17) is 22.1 Å². The summed E-state index contributed by atoms with van der Waals surface area (Å²) < 4.78 is 70.6. The first kappa shape index (κ1) is 19.5. The third kappa shape index (κ3) is 3.85. The van der Waals surface area contributed by atoms with E-state index in [1.54, 1.807) is 0 Å². The van der Waals surface area contributed by atoms with E-state index in [9.17, 15) is 21.6 Å². The highest BCUT2D eigenvalue weighted by molar-refractivity contribution is 7.89. The molecule has 5 nitrogen and oxygen atoms in total. The molecule has 24 heavy (non-hydrogen) atoms. The molecule has 1 aliphatic heterocycles. The molecule has 0 spiro atoms. The highest BCUT2D eigenvalue weighted by Gasteiger charge is 2.39. The van der Waals surface area contributed by atoms with E-state index in [2.05, 4.69) is 0 Å². The third-order valence-electron chi connectivity index (χ3n) is 4.06. The molecule has 0 amide bonds. The zero-order valence-electron chi connectivity index (χ0n) is 12.9. The maximum absolute atomic E-state index is 12.9. The molecule has 10 heteroatoms. The Kier molecular flexibility index (Phi) is 5.81. The summed E-state index contributed by atoms with van der Waals surface area (Å²) in [6.45, 7) is 0.144. The fraction of sp³-hybridized carbons (Fsp3) is 0.571. The lowest BCUT2D eigenvalue weighted by Gasteiger charge is -2.37.